The van der Waals surface area contributed by atoms with Gasteiger partial charge in [-0.1, -0.05) is 54.1 Å². The normalized spacial score (nSPS) is 11.5. The Balaban J connectivity index is 1.93. The van der Waals surface area contributed by atoms with E-state index >= 15 is 0 Å². The van der Waals surface area contributed by atoms with E-state index in [0.29, 0.717) is 0 Å². The van der Waals surface area contributed by atoms with Gasteiger partial charge >= 0.3 is 0 Å². The molecular weight excluding hydrogens is 322 g/mol. The molecule has 112 valence electrons. The van der Waals surface area contributed by atoms with E-state index in [0.717, 1.165) is 27.3 Å². The molecule has 2 aromatic carbocycles. The fourth-order valence-corrected chi connectivity index (χ4v) is 3.74. The van der Waals surface area contributed by atoms with Crippen LogP contribution in [0.2, 0.25) is 5.15 Å². The zero-order chi connectivity index (χ0) is 15.6. The molecule has 0 aliphatic carbocycles. The monoisotopic (exact) mass is 335 g/mol. The number of halogens is 1. The summed E-state index contributed by atoms with van der Waals surface area (Å²) in [6, 6.07) is 22.7. The van der Waals surface area contributed by atoms with Gasteiger partial charge in [0, 0.05) is 21.5 Å². The molecule has 0 unspecified atom stereocenters. The van der Waals surface area contributed by atoms with Crippen LogP contribution in [0.4, 0.5) is 0 Å². The fraction of sp³-hybridized carbons (Fsp3) is 0. The van der Waals surface area contributed by atoms with Crippen molar-refractivity contribution in [3.8, 4) is 5.69 Å². The van der Waals surface area contributed by atoms with Crippen LogP contribution < -0.4 is 0 Å². The Hall–Kier alpha value is -2.29. The minimum absolute atomic E-state index is 0.741. The summed E-state index contributed by atoms with van der Waals surface area (Å²) >= 11 is 8.46. The molecule has 4 aromatic rings. The summed E-state index contributed by atoms with van der Waals surface area (Å²) in [5, 5.41) is 3.98. The van der Waals surface area contributed by atoms with Crippen LogP contribution in [0.15, 0.2) is 72.1 Å². The first-order valence-corrected chi connectivity index (χ1v) is 8.66. The van der Waals surface area contributed by atoms with Crippen molar-refractivity contribution in [3.05, 3.63) is 87.7 Å². The fourth-order valence-electron chi connectivity index (χ4n) is 2.77. The Kier molecular flexibility index (Phi) is 3.78. The highest BCUT2D eigenvalue weighted by Crippen LogP contribution is 2.34. The van der Waals surface area contributed by atoms with Crippen molar-refractivity contribution in [3.63, 3.8) is 0 Å². The van der Waals surface area contributed by atoms with Crippen molar-refractivity contribution in [1.29, 1.82) is 0 Å². The zero-order valence-electron chi connectivity index (χ0n) is 12.3. The summed E-state index contributed by atoms with van der Waals surface area (Å²) in [6.07, 6.45) is 4.23. The smallest absolute Gasteiger partial charge is 0.121 e. The summed E-state index contributed by atoms with van der Waals surface area (Å²) in [5.74, 6) is 0. The van der Waals surface area contributed by atoms with Crippen molar-refractivity contribution < 1.29 is 0 Å². The molecule has 0 bridgehead atoms. The van der Waals surface area contributed by atoms with Gasteiger partial charge in [-0.2, -0.15) is 0 Å². The molecule has 0 saturated heterocycles. The van der Waals surface area contributed by atoms with Gasteiger partial charge in [0.25, 0.3) is 0 Å². The number of aromatic nitrogens is 1. The molecule has 0 aliphatic heterocycles. The molecule has 4 rings (SSSR count). The highest BCUT2D eigenvalue weighted by molar-refractivity contribution is 7.10. The second kappa shape index (κ2) is 6.07. The Labute approximate surface area is 144 Å². The third kappa shape index (κ3) is 2.61. The lowest BCUT2D eigenvalue weighted by Crippen LogP contribution is -1.92. The van der Waals surface area contributed by atoms with Gasteiger partial charge in [-0.25, -0.2) is 0 Å². The van der Waals surface area contributed by atoms with Crippen molar-refractivity contribution in [2.24, 2.45) is 0 Å². The van der Waals surface area contributed by atoms with E-state index in [2.05, 4.69) is 64.6 Å². The summed E-state index contributed by atoms with van der Waals surface area (Å²) < 4.78 is 2.10. The molecule has 0 N–H and O–H groups in total. The maximum absolute atomic E-state index is 6.74. The highest BCUT2D eigenvalue weighted by atomic mass is 35.5. The largest absolute Gasteiger partial charge is 0.300 e. The van der Waals surface area contributed by atoms with Gasteiger partial charge in [-0.15, -0.1) is 11.3 Å². The van der Waals surface area contributed by atoms with E-state index < -0.39 is 0 Å². The van der Waals surface area contributed by atoms with Crippen molar-refractivity contribution in [1.82, 2.24) is 4.57 Å². The molecule has 2 aromatic heterocycles. The first-order chi connectivity index (χ1) is 11.3. The molecule has 23 heavy (non-hydrogen) atoms. The Morgan fingerprint density at radius 3 is 2.39 bits per heavy atom. The number of rotatable bonds is 3. The highest BCUT2D eigenvalue weighted by Gasteiger charge is 2.14. The van der Waals surface area contributed by atoms with Crippen LogP contribution in [0.5, 0.6) is 0 Å². The van der Waals surface area contributed by atoms with Crippen LogP contribution in [-0.2, 0) is 0 Å². The molecule has 0 radical (unpaired) electrons. The number of thiophene rings is 1. The second-order valence-electron chi connectivity index (χ2n) is 5.24. The van der Waals surface area contributed by atoms with E-state index in [1.807, 2.05) is 24.3 Å². The number of hydrogen-bond acceptors (Lipinski definition) is 1. The zero-order valence-corrected chi connectivity index (χ0v) is 13.9. The van der Waals surface area contributed by atoms with Gasteiger partial charge in [0.1, 0.15) is 5.15 Å². The number of nitrogens with zero attached hydrogens (tertiary/aromatic N) is 1. The Bertz CT molecular complexity index is 966. The summed E-state index contributed by atoms with van der Waals surface area (Å²) in [6.45, 7) is 0. The molecule has 0 spiro atoms. The quantitative estimate of drug-likeness (QED) is 0.402. The van der Waals surface area contributed by atoms with Crippen LogP contribution in [0, 0.1) is 0 Å². The van der Waals surface area contributed by atoms with Crippen LogP contribution in [0.1, 0.15) is 10.4 Å². The predicted molar refractivity (Wildman–Crippen MR) is 102 cm³/mol. The Morgan fingerprint density at radius 1 is 0.826 bits per heavy atom. The average Bonchev–Trinajstić information content (AvgIpc) is 3.19. The number of fused-ring (bicyclic) bond motifs is 1. The summed E-state index contributed by atoms with van der Waals surface area (Å²) in [7, 11) is 0. The third-order valence-electron chi connectivity index (χ3n) is 3.83. The van der Waals surface area contributed by atoms with Crippen LogP contribution in [0.3, 0.4) is 0 Å². The predicted octanol–water partition coefficient (Wildman–Crippen LogP) is 6.52. The number of benzene rings is 2. The molecule has 3 heteroatoms. The van der Waals surface area contributed by atoms with E-state index in [4.69, 9.17) is 11.6 Å². The second-order valence-corrected chi connectivity index (χ2v) is 6.58. The van der Waals surface area contributed by atoms with Crippen LogP contribution in [0.25, 0.3) is 28.7 Å². The Morgan fingerprint density at radius 2 is 1.61 bits per heavy atom. The van der Waals surface area contributed by atoms with Gasteiger partial charge < -0.3 is 0 Å². The number of para-hydroxylation sites is 2. The van der Waals surface area contributed by atoms with Gasteiger partial charge in [0.15, 0.2) is 0 Å². The van der Waals surface area contributed by atoms with E-state index in [-0.39, 0.29) is 0 Å². The molecule has 0 amide bonds. The molecule has 0 aliphatic rings. The molecule has 2 heterocycles. The van der Waals surface area contributed by atoms with Crippen molar-refractivity contribution in [2.75, 3.05) is 0 Å². The van der Waals surface area contributed by atoms with Gasteiger partial charge in [-0.3, -0.25) is 4.57 Å². The first kappa shape index (κ1) is 14.3. The van der Waals surface area contributed by atoms with E-state index in [1.54, 1.807) is 11.3 Å². The molecule has 1 nitrogen and oxygen atoms in total. The average molecular weight is 336 g/mol. The lowest BCUT2D eigenvalue weighted by Gasteiger charge is -2.06. The van der Waals surface area contributed by atoms with Crippen LogP contribution >= 0.6 is 22.9 Å². The van der Waals surface area contributed by atoms with Gasteiger partial charge in [-0.05, 0) is 41.8 Å². The maximum Gasteiger partial charge on any atom is 0.121 e. The van der Waals surface area contributed by atoms with Crippen LogP contribution in [-0.4, -0.2) is 4.57 Å². The van der Waals surface area contributed by atoms with Gasteiger partial charge in [0.2, 0.25) is 0 Å². The lowest BCUT2D eigenvalue weighted by molar-refractivity contribution is 1.13. The molecule has 0 saturated carbocycles. The lowest BCUT2D eigenvalue weighted by atomic mass is 10.1. The number of hydrogen-bond donors (Lipinski definition) is 0. The minimum Gasteiger partial charge on any atom is -0.300 e. The summed E-state index contributed by atoms with van der Waals surface area (Å²) in [4.78, 5) is 1.22. The van der Waals surface area contributed by atoms with E-state index in [1.165, 1.54) is 4.88 Å². The SMILES string of the molecule is Clc1c(/C=C/c2cccs2)c2ccccc2n1-c1ccccc1. The summed E-state index contributed by atoms with van der Waals surface area (Å²) in [5.41, 5.74) is 3.25. The van der Waals surface area contributed by atoms with Crippen molar-refractivity contribution in [2.45, 2.75) is 0 Å². The maximum atomic E-state index is 6.74. The molecular formula is C20H14ClNS. The molecule has 0 fully saturated rings. The standard InChI is InChI=1S/C20H14ClNS/c21-20-18(13-12-16-9-6-14-23-16)17-10-4-5-11-19(17)22(20)15-7-2-1-3-8-15/h1-14H/b13-12+. The third-order valence-corrected chi connectivity index (χ3v) is 5.04. The van der Waals surface area contributed by atoms with Gasteiger partial charge in [0.05, 0.1) is 5.52 Å². The topological polar surface area (TPSA) is 4.93 Å². The van der Waals surface area contributed by atoms with Crippen molar-refractivity contribution >= 4 is 46.0 Å². The minimum atomic E-state index is 0.741. The first-order valence-electron chi connectivity index (χ1n) is 7.40. The molecule has 0 atom stereocenters. The van der Waals surface area contributed by atoms with E-state index in [9.17, 15) is 0 Å².